The number of rotatable bonds is 5. The summed E-state index contributed by atoms with van der Waals surface area (Å²) in [6.45, 7) is 0. The van der Waals surface area contributed by atoms with Gasteiger partial charge < -0.3 is 10.2 Å². The first-order valence-corrected chi connectivity index (χ1v) is 11.3. The maximum absolute atomic E-state index is 10.0. The van der Waals surface area contributed by atoms with Crippen molar-refractivity contribution < 1.29 is 10.2 Å². The van der Waals surface area contributed by atoms with Gasteiger partial charge in [0.25, 0.3) is 0 Å². The summed E-state index contributed by atoms with van der Waals surface area (Å²) in [5.74, 6) is 0.163. The largest absolute Gasteiger partial charge is 0.506 e. The molecule has 1 aromatic heterocycles. The molecule has 0 aliphatic carbocycles. The maximum atomic E-state index is 10.0. The van der Waals surface area contributed by atoms with E-state index in [1.165, 1.54) is 23.8 Å². The zero-order valence-electron chi connectivity index (χ0n) is 13.6. The zero-order valence-corrected chi connectivity index (χ0v) is 20.7. The third-order valence-corrected chi connectivity index (χ3v) is 6.07. The van der Waals surface area contributed by atoms with Gasteiger partial charge in [0.2, 0.25) is 10.3 Å². The minimum absolute atomic E-state index is 0.0799. The lowest BCUT2D eigenvalue weighted by Crippen LogP contribution is -1.91. The van der Waals surface area contributed by atoms with Gasteiger partial charge in [-0.15, -0.1) is 10.2 Å². The molecule has 0 aliphatic heterocycles. The average molecular weight is 655 g/mol. The second kappa shape index (κ2) is 9.44. The fourth-order valence-corrected chi connectivity index (χ4v) is 5.02. The molecule has 3 rings (SSSR count). The molecule has 2 aromatic carbocycles. The lowest BCUT2D eigenvalue weighted by Gasteiger charge is -2.02. The van der Waals surface area contributed by atoms with Gasteiger partial charge in [-0.25, -0.2) is 4.99 Å². The van der Waals surface area contributed by atoms with E-state index in [1.807, 2.05) is 0 Å². The van der Waals surface area contributed by atoms with E-state index in [4.69, 9.17) is 0 Å². The van der Waals surface area contributed by atoms with Crippen molar-refractivity contribution in [1.82, 2.24) is 10.2 Å². The zero-order chi connectivity index (χ0) is 20.3. The highest BCUT2D eigenvalue weighted by molar-refractivity contribution is 9.11. The molecule has 0 aliphatic rings. The van der Waals surface area contributed by atoms with Crippen LogP contribution in [0.5, 0.6) is 11.5 Å². The fourth-order valence-electron chi connectivity index (χ4n) is 1.96. The van der Waals surface area contributed by atoms with E-state index in [2.05, 4.69) is 89.4 Å². The van der Waals surface area contributed by atoms with Crippen molar-refractivity contribution >= 4 is 97.7 Å². The van der Waals surface area contributed by atoms with Gasteiger partial charge in [0.05, 0.1) is 15.2 Å². The van der Waals surface area contributed by atoms with Crippen molar-refractivity contribution in [3.63, 3.8) is 0 Å². The van der Waals surface area contributed by atoms with E-state index >= 15 is 0 Å². The van der Waals surface area contributed by atoms with Crippen LogP contribution in [0.1, 0.15) is 11.1 Å². The number of anilines is 1. The normalized spacial score (nSPS) is 11.6. The van der Waals surface area contributed by atoms with Gasteiger partial charge in [-0.1, -0.05) is 43.2 Å². The summed E-state index contributed by atoms with van der Waals surface area (Å²) >= 11 is 14.4. The molecule has 0 saturated heterocycles. The average Bonchev–Trinajstić information content (AvgIpc) is 3.08. The van der Waals surface area contributed by atoms with Crippen LogP contribution in [0, 0.1) is 0 Å². The molecule has 0 spiro atoms. The number of aliphatic imine (C=N–C) groups is 1. The van der Waals surface area contributed by atoms with Crippen LogP contribution in [0.25, 0.3) is 0 Å². The molecule has 3 aromatic rings. The molecule has 144 valence electrons. The molecule has 3 N–H and O–H groups in total. The standard InChI is InChI=1S/C16H9Br4N5O2S/c17-9-1-7(13(26)11(19)3-9)5-21-15-24-25-16(28-15)23-22-6-8-2-10(18)4-12(20)14(8)27/h1-6,26-27H,(H,23,25)/b21-5+,22-6+. The monoisotopic (exact) mass is 651 g/mol. The predicted molar refractivity (Wildman–Crippen MR) is 125 cm³/mol. The molecule has 0 saturated carbocycles. The van der Waals surface area contributed by atoms with Gasteiger partial charge in [0, 0.05) is 26.3 Å². The van der Waals surface area contributed by atoms with E-state index < -0.39 is 0 Å². The minimum Gasteiger partial charge on any atom is -0.506 e. The number of nitrogens with one attached hydrogen (secondary N) is 1. The van der Waals surface area contributed by atoms with E-state index in [1.54, 1.807) is 24.3 Å². The SMILES string of the molecule is Oc1c(Br)cc(Br)cc1/C=N/Nc1nnc(/N=C/c2cc(Br)cc(Br)c2O)s1. The Hall–Kier alpha value is -1.34. The summed E-state index contributed by atoms with van der Waals surface area (Å²) in [4.78, 5) is 4.22. The van der Waals surface area contributed by atoms with Gasteiger partial charge >= 0.3 is 0 Å². The summed E-state index contributed by atoms with van der Waals surface area (Å²) in [5, 5.41) is 32.8. The lowest BCUT2D eigenvalue weighted by atomic mass is 10.2. The van der Waals surface area contributed by atoms with Gasteiger partial charge in [-0.2, -0.15) is 5.10 Å². The molecule has 0 bridgehead atoms. The second-order valence-electron chi connectivity index (χ2n) is 5.17. The molecule has 28 heavy (non-hydrogen) atoms. The third kappa shape index (κ3) is 5.38. The van der Waals surface area contributed by atoms with Crippen LogP contribution in [0.15, 0.2) is 52.3 Å². The molecule has 1 heterocycles. The fraction of sp³-hybridized carbons (Fsp3) is 0. The van der Waals surface area contributed by atoms with Crippen LogP contribution in [0.4, 0.5) is 10.3 Å². The van der Waals surface area contributed by atoms with Gasteiger partial charge in [0.1, 0.15) is 11.5 Å². The van der Waals surface area contributed by atoms with Crippen LogP contribution < -0.4 is 5.43 Å². The Morgan fingerprint density at radius 1 is 0.857 bits per heavy atom. The van der Waals surface area contributed by atoms with Crippen molar-refractivity contribution in [2.24, 2.45) is 10.1 Å². The van der Waals surface area contributed by atoms with Crippen molar-refractivity contribution in [2.75, 3.05) is 5.43 Å². The Labute approximate surface area is 197 Å². The van der Waals surface area contributed by atoms with Gasteiger partial charge in [0.15, 0.2) is 0 Å². The summed E-state index contributed by atoms with van der Waals surface area (Å²) in [6.07, 6.45) is 2.96. The summed E-state index contributed by atoms with van der Waals surface area (Å²) < 4.78 is 2.71. The van der Waals surface area contributed by atoms with E-state index in [0.29, 0.717) is 30.3 Å². The number of hydrogen-bond acceptors (Lipinski definition) is 8. The molecule has 12 heteroatoms. The maximum Gasteiger partial charge on any atom is 0.233 e. The topological polar surface area (TPSA) is 103 Å². The Kier molecular flexibility index (Phi) is 7.20. The molecule has 7 nitrogen and oxygen atoms in total. The summed E-state index contributed by atoms with van der Waals surface area (Å²) in [7, 11) is 0. The van der Waals surface area contributed by atoms with Crippen LogP contribution in [-0.4, -0.2) is 32.8 Å². The molecular weight excluding hydrogens is 646 g/mol. The molecule has 0 fully saturated rings. The number of halogens is 4. The highest BCUT2D eigenvalue weighted by Crippen LogP contribution is 2.32. The third-order valence-electron chi connectivity index (χ3n) is 3.21. The van der Waals surface area contributed by atoms with Crippen LogP contribution in [0.2, 0.25) is 0 Å². The lowest BCUT2D eigenvalue weighted by molar-refractivity contribution is 0.470. The number of phenolic OH excluding ortho intramolecular Hbond substituents is 2. The molecular formula is C16H9Br4N5O2S. The number of nitrogens with zero attached hydrogens (tertiary/aromatic N) is 4. The van der Waals surface area contributed by atoms with E-state index in [0.717, 1.165) is 8.95 Å². The number of hydrogen-bond donors (Lipinski definition) is 3. The van der Waals surface area contributed by atoms with Crippen LogP contribution in [-0.2, 0) is 0 Å². The smallest absolute Gasteiger partial charge is 0.233 e. The number of hydrazone groups is 1. The molecule has 0 unspecified atom stereocenters. The number of benzene rings is 2. The number of phenols is 2. The second-order valence-corrected chi connectivity index (χ2v) is 9.66. The Bertz CT molecular complexity index is 1090. The van der Waals surface area contributed by atoms with Gasteiger partial charge in [-0.3, -0.25) is 5.43 Å². The highest BCUT2D eigenvalue weighted by Gasteiger charge is 2.07. The first-order valence-electron chi connectivity index (χ1n) is 7.36. The molecule has 0 radical (unpaired) electrons. The Morgan fingerprint density at radius 3 is 2.04 bits per heavy atom. The Morgan fingerprint density at radius 2 is 1.43 bits per heavy atom. The highest BCUT2D eigenvalue weighted by atomic mass is 79.9. The van der Waals surface area contributed by atoms with Crippen molar-refractivity contribution in [3.8, 4) is 11.5 Å². The van der Waals surface area contributed by atoms with E-state index in [-0.39, 0.29) is 11.5 Å². The first kappa shape index (κ1) is 21.4. The minimum atomic E-state index is 0.0799. The van der Waals surface area contributed by atoms with Gasteiger partial charge in [-0.05, 0) is 56.1 Å². The number of aromatic nitrogens is 2. The van der Waals surface area contributed by atoms with Crippen molar-refractivity contribution in [2.45, 2.75) is 0 Å². The molecule has 0 atom stereocenters. The molecule has 0 amide bonds. The van der Waals surface area contributed by atoms with Crippen molar-refractivity contribution in [3.05, 3.63) is 53.3 Å². The predicted octanol–water partition coefficient (Wildman–Crippen LogP) is 6.20. The van der Waals surface area contributed by atoms with E-state index in [9.17, 15) is 10.2 Å². The first-order chi connectivity index (χ1) is 13.3. The quantitative estimate of drug-likeness (QED) is 0.225. The van der Waals surface area contributed by atoms with Crippen LogP contribution in [0.3, 0.4) is 0 Å². The Balaban J connectivity index is 1.70. The number of aromatic hydroxyl groups is 2. The van der Waals surface area contributed by atoms with Crippen molar-refractivity contribution in [1.29, 1.82) is 0 Å². The van der Waals surface area contributed by atoms with Crippen LogP contribution >= 0.6 is 75.1 Å². The summed E-state index contributed by atoms with van der Waals surface area (Å²) in [6, 6.07) is 6.93. The summed E-state index contributed by atoms with van der Waals surface area (Å²) in [5.41, 5.74) is 3.79.